The van der Waals surface area contributed by atoms with Gasteiger partial charge in [0.1, 0.15) is 5.82 Å². The van der Waals surface area contributed by atoms with Crippen LogP contribution in [0.15, 0.2) is 4.79 Å². The molecule has 0 saturated carbocycles. The molecule has 0 radical (unpaired) electrons. The summed E-state index contributed by atoms with van der Waals surface area (Å²) in [4.78, 5) is 21.7. The third-order valence-corrected chi connectivity index (χ3v) is 4.26. The maximum atomic E-state index is 12.1. The molecule has 1 aliphatic heterocycles. The van der Waals surface area contributed by atoms with E-state index in [0.717, 1.165) is 24.3 Å². The van der Waals surface area contributed by atoms with Crippen LogP contribution in [-0.4, -0.2) is 40.5 Å². The maximum Gasteiger partial charge on any atom is 0.255 e. The number of hydrogen-bond acceptors (Lipinski definition) is 4. The average molecular weight is 278 g/mol. The summed E-state index contributed by atoms with van der Waals surface area (Å²) in [7, 11) is 0. The van der Waals surface area contributed by atoms with E-state index < -0.39 is 0 Å². The van der Waals surface area contributed by atoms with Crippen LogP contribution in [-0.2, 0) is 0 Å². The van der Waals surface area contributed by atoms with E-state index in [1.807, 2.05) is 20.8 Å². The fraction of sp³-hybridized carbons (Fsp3) is 0.733. The summed E-state index contributed by atoms with van der Waals surface area (Å²) >= 11 is 0. The largest absolute Gasteiger partial charge is 0.310 e. The van der Waals surface area contributed by atoms with Gasteiger partial charge >= 0.3 is 0 Å². The Labute approximate surface area is 120 Å². The third-order valence-electron chi connectivity index (χ3n) is 4.26. The van der Waals surface area contributed by atoms with Crippen LogP contribution >= 0.6 is 0 Å². The van der Waals surface area contributed by atoms with Crippen LogP contribution in [0, 0.1) is 13.8 Å². The number of nitrogens with zero attached hydrogens (tertiary/aromatic N) is 2. The summed E-state index contributed by atoms with van der Waals surface area (Å²) in [6, 6.07) is 0.631. The Balaban J connectivity index is 2.02. The minimum Gasteiger partial charge on any atom is -0.310 e. The topological polar surface area (TPSA) is 61.0 Å². The molecule has 1 fully saturated rings. The second-order valence-electron chi connectivity index (χ2n) is 5.71. The Bertz CT molecular complexity index is 511. The lowest BCUT2D eigenvalue weighted by Gasteiger charge is -2.25. The van der Waals surface area contributed by atoms with Crippen molar-refractivity contribution in [3.8, 4) is 0 Å². The predicted molar refractivity (Wildman–Crippen MR) is 81.0 cm³/mol. The molecule has 0 bridgehead atoms. The van der Waals surface area contributed by atoms with E-state index in [9.17, 15) is 4.79 Å². The third kappa shape index (κ3) is 3.27. The maximum absolute atomic E-state index is 12.1. The van der Waals surface area contributed by atoms with Gasteiger partial charge in [-0.05, 0) is 46.7 Å². The van der Waals surface area contributed by atoms with Crippen LogP contribution in [0.3, 0.4) is 0 Å². The first-order valence-corrected chi connectivity index (χ1v) is 7.57. The van der Waals surface area contributed by atoms with Crippen LogP contribution in [0.1, 0.15) is 49.8 Å². The van der Waals surface area contributed by atoms with E-state index in [1.54, 1.807) is 0 Å². The molecule has 112 valence electrons. The number of hydrogen-bond donors (Lipinski definition) is 2. The van der Waals surface area contributed by atoms with Crippen molar-refractivity contribution in [2.24, 2.45) is 0 Å². The SMILES string of the molecule is CCN1CCCC1CNC(C)c1c(C)nc(C)[nH]c1=O. The molecule has 20 heavy (non-hydrogen) atoms. The molecule has 5 heteroatoms. The second-order valence-corrected chi connectivity index (χ2v) is 5.71. The number of H-pyrrole nitrogens is 1. The molecule has 5 nitrogen and oxygen atoms in total. The van der Waals surface area contributed by atoms with E-state index in [-0.39, 0.29) is 11.6 Å². The van der Waals surface area contributed by atoms with Gasteiger partial charge in [-0.25, -0.2) is 4.98 Å². The summed E-state index contributed by atoms with van der Waals surface area (Å²) in [6.07, 6.45) is 2.52. The van der Waals surface area contributed by atoms with Gasteiger partial charge in [0, 0.05) is 24.3 Å². The molecule has 2 N–H and O–H groups in total. The van der Waals surface area contributed by atoms with Crippen LogP contribution in [0.2, 0.25) is 0 Å². The Kier molecular flexibility index (Phi) is 4.94. The van der Waals surface area contributed by atoms with Gasteiger partial charge in [-0.3, -0.25) is 9.69 Å². The molecule has 0 aromatic carbocycles. The lowest BCUT2D eigenvalue weighted by atomic mass is 10.1. The highest BCUT2D eigenvalue weighted by Gasteiger charge is 2.24. The summed E-state index contributed by atoms with van der Waals surface area (Å²) < 4.78 is 0. The fourth-order valence-corrected chi connectivity index (χ4v) is 3.20. The van der Waals surface area contributed by atoms with Crippen molar-refractivity contribution in [3.63, 3.8) is 0 Å². The van der Waals surface area contributed by atoms with Crippen LogP contribution in [0.4, 0.5) is 0 Å². The first kappa shape index (κ1) is 15.2. The van der Waals surface area contributed by atoms with Gasteiger partial charge in [0.15, 0.2) is 0 Å². The van der Waals surface area contributed by atoms with Crippen molar-refractivity contribution in [1.82, 2.24) is 20.2 Å². The normalized spacial score (nSPS) is 21.3. The monoisotopic (exact) mass is 278 g/mol. The smallest absolute Gasteiger partial charge is 0.255 e. The quantitative estimate of drug-likeness (QED) is 0.857. The molecular formula is C15H26N4O. The number of aromatic amines is 1. The number of aromatic nitrogens is 2. The van der Waals surface area contributed by atoms with E-state index >= 15 is 0 Å². The summed E-state index contributed by atoms with van der Waals surface area (Å²) in [6.45, 7) is 11.2. The molecule has 2 unspecified atom stereocenters. The molecule has 2 rings (SSSR count). The van der Waals surface area contributed by atoms with Gasteiger partial charge < -0.3 is 10.3 Å². The average Bonchev–Trinajstić information content (AvgIpc) is 2.82. The highest BCUT2D eigenvalue weighted by Crippen LogP contribution is 2.17. The Morgan fingerprint density at radius 3 is 2.90 bits per heavy atom. The minimum absolute atomic E-state index is 0.0197. The highest BCUT2D eigenvalue weighted by molar-refractivity contribution is 5.20. The van der Waals surface area contributed by atoms with Crippen molar-refractivity contribution >= 4 is 0 Å². The lowest BCUT2D eigenvalue weighted by Crippen LogP contribution is -2.39. The summed E-state index contributed by atoms with van der Waals surface area (Å²) in [5.41, 5.74) is 1.57. The molecule has 2 atom stereocenters. The number of likely N-dealkylation sites (N-methyl/N-ethyl adjacent to an activating group) is 1. The second kappa shape index (κ2) is 6.50. The zero-order valence-electron chi connectivity index (χ0n) is 13.0. The van der Waals surface area contributed by atoms with Gasteiger partial charge in [-0.2, -0.15) is 0 Å². The molecule has 1 aliphatic rings. The fourth-order valence-electron chi connectivity index (χ4n) is 3.20. The van der Waals surface area contributed by atoms with Gasteiger partial charge in [0.25, 0.3) is 5.56 Å². The molecule has 1 aromatic rings. The van der Waals surface area contributed by atoms with E-state index in [4.69, 9.17) is 0 Å². The zero-order chi connectivity index (χ0) is 14.7. The minimum atomic E-state index is -0.0197. The standard InChI is InChI=1S/C15H26N4O/c1-5-19-8-6-7-13(19)9-16-10(2)14-11(3)17-12(4)18-15(14)20/h10,13,16H,5-9H2,1-4H3,(H,17,18,20). The van der Waals surface area contributed by atoms with Crippen molar-refractivity contribution in [1.29, 1.82) is 0 Å². The lowest BCUT2D eigenvalue weighted by molar-refractivity contribution is 0.255. The molecule has 0 spiro atoms. The molecule has 1 aromatic heterocycles. The molecule has 0 aliphatic carbocycles. The van der Waals surface area contributed by atoms with Gasteiger partial charge in [-0.15, -0.1) is 0 Å². The van der Waals surface area contributed by atoms with E-state index in [1.165, 1.54) is 19.4 Å². The van der Waals surface area contributed by atoms with Crippen LogP contribution in [0.5, 0.6) is 0 Å². The first-order valence-electron chi connectivity index (χ1n) is 7.57. The Morgan fingerprint density at radius 1 is 1.50 bits per heavy atom. The molecule has 0 amide bonds. The predicted octanol–water partition coefficient (Wildman–Crippen LogP) is 1.52. The van der Waals surface area contributed by atoms with Crippen molar-refractivity contribution in [2.75, 3.05) is 19.6 Å². The van der Waals surface area contributed by atoms with E-state index in [2.05, 4.69) is 27.1 Å². The highest BCUT2D eigenvalue weighted by atomic mass is 16.1. The van der Waals surface area contributed by atoms with Crippen LogP contribution < -0.4 is 10.9 Å². The van der Waals surface area contributed by atoms with E-state index in [0.29, 0.717) is 11.9 Å². The number of rotatable bonds is 5. The number of nitrogens with one attached hydrogen (secondary N) is 2. The van der Waals surface area contributed by atoms with Gasteiger partial charge in [0.2, 0.25) is 0 Å². The summed E-state index contributed by atoms with van der Waals surface area (Å²) in [5.74, 6) is 0.677. The first-order chi connectivity index (χ1) is 9.52. The molecular weight excluding hydrogens is 252 g/mol. The zero-order valence-corrected chi connectivity index (χ0v) is 13.0. The van der Waals surface area contributed by atoms with Crippen molar-refractivity contribution in [2.45, 2.75) is 52.6 Å². The Morgan fingerprint density at radius 2 is 2.25 bits per heavy atom. The molecule has 2 heterocycles. The number of likely N-dealkylation sites (tertiary alicyclic amines) is 1. The summed E-state index contributed by atoms with van der Waals surface area (Å²) in [5, 5.41) is 3.50. The van der Waals surface area contributed by atoms with Crippen molar-refractivity contribution in [3.05, 3.63) is 27.4 Å². The Hall–Kier alpha value is -1.20. The van der Waals surface area contributed by atoms with Gasteiger partial charge in [-0.1, -0.05) is 6.92 Å². The van der Waals surface area contributed by atoms with Crippen molar-refractivity contribution < 1.29 is 0 Å². The number of aryl methyl sites for hydroxylation is 2. The molecule has 1 saturated heterocycles. The van der Waals surface area contributed by atoms with Gasteiger partial charge in [0.05, 0.1) is 5.56 Å². The van der Waals surface area contributed by atoms with Crippen LogP contribution in [0.25, 0.3) is 0 Å².